The number of ether oxygens (including phenoxy) is 1. The summed E-state index contributed by atoms with van der Waals surface area (Å²) in [6.45, 7) is 5.90. The summed E-state index contributed by atoms with van der Waals surface area (Å²) < 4.78 is 7.50. The highest BCUT2D eigenvalue weighted by Gasteiger charge is 2.36. The molecule has 1 saturated carbocycles. The number of morpholine rings is 1. The third-order valence-electron chi connectivity index (χ3n) is 4.94. The SMILES string of the molecule is Cc1nn(CCO)c(C)c1NC(=O)[C@H]1CC[C@H]2OCCN[C@@H]2C1.Cl. The smallest absolute Gasteiger partial charge is 0.227 e. The van der Waals surface area contributed by atoms with Crippen LogP contribution in [0.15, 0.2) is 0 Å². The highest BCUT2D eigenvalue weighted by molar-refractivity contribution is 5.93. The molecule has 7 nitrogen and oxygen atoms in total. The van der Waals surface area contributed by atoms with Gasteiger partial charge in [0.05, 0.1) is 42.9 Å². The van der Waals surface area contributed by atoms with Crippen molar-refractivity contribution >= 4 is 24.0 Å². The summed E-state index contributed by atoms with van der Waals surface area (Å²) in [7, 11) is 0. The highest BCUT2D eigenvalue weighted by atomic mass is 35.5. The summed E-state index contributed by atoms with van der Waals surface area (Å²) in [5.41, 5.74) is 2.45. The Morgan fingerprint density at radius 3 is 3.00 bits per heavy atom. The molecule has 1 aliphatic carbocycles. The van der Waals surface area contributed by atoms with E-state index in [1.807, 2.05) is 13.8 Å². The van der Waals surface area contributed by atoms with Gasteiger partial charge in [0.15, 0.2) is 0 Å². The van der Waals surface area contributed by atoms with Crippen molar-refractivity contribution in [1.29, 1.82) is 0 Å². The van der Waals surface area contributed by atoms with Gasteiger partial charge in [-0.3, -0.25) is 9.48 Å². The van der Waals surface area contributed by atoms with Crippen LogP contribution in [-0.2, 0) is 16.1 Å². The van der Waals surface area contributed by atoms with Gasteiger partial charge in [0.1, 0.15) is 0 Å². The van der Waals surface area contributed by atoms with Gasteiger partial charge in [-0.15, -0.1) is 12.4 Å². The van der Waals surface area contributed by atoms with E-state index in [1.165, 1.54) is 0 Å². The standard InChI is InChI=1S/C16H26N4O3.ClH/c1-10-15(11(2)20(19-10)6-7-21)18-16(22)12-3-4-14-13(9-12)17-5-8-23-14;/h12-14,17,21H,3-9H2,1-2H3,(H,18,22);1H/t12-,13+,14+;/m0./s1. The zero-order valence-corrected chi connectivity index (χ0v) is 15.1. The summed E-state index contributed by atoms with van der Waals surface area (Å²) >= 11 is 0. The zero-order valence-electron chi connectivity index (χ0n) is 14.2. The first kappa shape index (κ1) is 19.2. The number of halogens is 1. The minimum absolute atomic E-state index is 0. The van der Waals surface area contributed by atoms with Crippen molar-refractivity contribution in [3.63, 3.8) is 0 Å². The lowest BCUT2D eigenvalue weighted by Crippen LogP contribution is -2.52. The van der Waals surface area contributed by atoms with Crippen molar-refractivity contribution < 1.29 is 14.6 Å². The van der Waals surface area contributed by atoms with E-state index in [9.17, 15) is 4.79 Å². The van der Waals surface area contributed by atoms with E-state index in [-0.39, 0.29) is 43.0 Å². The summed E-state index contributed by atoms with van der Waals surface area (Å²) in [6, 6.07) is 0.285. The second-order valence-electron chi connectivity index (χ2n) is 6.46. The number of nitrogens with one attached hydrogen (secondary N) is 2. The number of hydrogen-bond acceptors (Lipinski definition) is 5. The number of anilines is 1. The molecule has 0 spiro atoms. The Bertz CT molecular complexity index is 578. The van der Waals surface area contributed by atoms with Crippen LogP contribution in [0.1, 0.15) is 30.7 Å². The second kappa shape index (κ2) is 8.29. The number of fused-ring (bicyclic) bond motifs is 1. The Balaban J connectivity index is 0.00000208. The Hall–Kier alpha value is -1.15. The van der Waals surface area contributed by atoms with E-state index < -0.39 is 0 Å². The molecule has 1 saturated heterocycles. The predicted octanol–water partition coefficient (Wildman–Crippen LogP) is 1.01. The summed E-state index contributed by atoms with van der Waals surface area (Å²) in [6.07, 6.45) is 2.86. The molecule has 3 rings (SSSR count). The maximum absolute atomic E-state index is 12.6. The lowest BCUT2D eigenvalue weighted by Gasteiger charge is -2.39. The van der Waals surface area contributed by atoms with E-state index in [0.29, 0.717) is 6.54 Å². The number of aliphatic hydroxyl groups excluding tert-OH is 1. The monoisotopic (exact) mass is 358 g/mol. The largest absolute Gasteiger partial charge is 0.394 e. The van der Waals surface area contributed by atoms with E-state index in [1.54, 1.807) is 4.68 Å². The molecule has 2 aliphatic rings. The normalized spacial score (nSPS) is 26.4. The van der Waals surface area contributed by atoms with Crippen LogP contribution in [0.3, 0.4) is 0 Å². The number of carbonyl (C=O) groups is 1. The lowest BCUT2D eigenvalue weighted by atomic mass is 9.82. The molecule has 1 aromatic heterocycles. The molecule has 2 fully saturated rings. The van der Waals surface area contributed by atoms with Crippen LogP contribution < -0.4 is 10.6 Å². The van der Waals surface area contributed by atoms with Gasteiger partial charge < -0.3 is 20.5 Å². The summed E-state index contributed by atoms with van der Waals surface area (Å²) in [5, 5.41) is 20.0. The highest BCUT2D eigenvalue weighted by Crippen LogP contribution is 2.30. The molecule has 0 aromatic carbocycles. The van der Waals surface area contributed by atoms with Crippen molar-refractivity contribution in [3.8, 4) is 0 Å². The van der Waals surface area contributed by atoms with Crippen molar-refractivity contribution in [1.82, 2.24) is 15.1 Å². The van der Waals surface area contributed by atoms with Crippen molar-refractivity contribution in [2.24, 2.45) is 5.92 Å². The van der Waals surface area contributed by atoms with Gasteiger partial charge in [0, 0.05) is 18.5 Å². The number of aryl methyl sites for hydroxylation is 1. The van der Waals surface area contributed by atoms with Crippen LogP contribution in [0.25, 0.3) is 0 Å². The molecule has 0 unspecified atom stereocenters. The number of nitrogens with zero attached hydrogens (tertiary/aromatic N) is 2. The molecule has 3 atom stereocenters. The molecule has 136 valence electrons. The van der Waals surface area contributed by atoms with Gasteiger partial charge in [-0.05, 0) is 33.1 Å². The molecular weight excluding hydrogens is 332 g/mol. The third-order valence-corrected chi connectivity index (χ3v) is 4.94. The molecule has 3 N–H and O–H groups in total. The minimum atomic E-state index is 0. The van der Waals surface area contributed by atoms with Crippen molar-refractivity contribution in [3.05, 3.63) is 11.4 Å². The van der Waals surface area contributed by atoms with Crippen LogP contribution >= 0.6 is 12.4 Å². The minimum Gasteiger partial charge on any atom is -0.394 e. The van der Waals surface area contributed by atoms with Gasteiger partial charge in [0.25, 0.3) is 0 Å². The fourth-order valence-electron chi connectivity index (χ4n) is 3.67. The fraction of sp³-hybridized carbons (Fsp3) is 0.750. The topological polar surface area (TPSA) is 88.4 Å². The van der Waals surface area contributed by atoms with Crippen LogP contribution in [0.2, 0.25) is 0 Å². The maximum Gasteiger partial charge on any atom is 0.227 e. The Kier molecular flexibility index (Phi) is 6.62. The lowest BCUT2D eigenvalue weighted by molar-refractivity contribution is -0.123. The number of amides is 1. The summed E-state index contributed by atoms with van der Waals surface area (Å²) in [5.74, 6) is 0.0658. The molecule has 2 heterocycles. The Morgan fingerprint density at radius 1 is 1.46 bits per heavy atom. The van der Waals surface area contributed by atoms with Crippen LogP contribution in [-0.4, -0.2) is 52.7 Å². The van der Waals surface area contributed by atoms with Gasteiger partial charge in [-0.2, -0.15) is 5.10 Å². The average molecular weight is 359 g/mol. The molecule has 1 aliphatic heterocycles. The molecule has 0 radical (unpaired) electrons. The van der Waals surface area contributed by atoms with Crippen LogP contribution in [0.4, 0.5) is 5.69 Å². The first-order chi connectivity index (χ1) is 11.1. The van der Waals surface area contributed by atoms with Crippen molar-refractivity contribution in [2.75, 3.05) is 25.1 Å². The predicted molar refractivity (Wildman–Crippen MR) is 93.5 cm³/mol. The van der Waals surface area contributed by atoms with E-state index in [4.69, 9.17) is 9.84 Å². The molecule has 1 amide bonds. The Morgan fingerprint density at radius 2 is 2.25 bits per heavy atom. The number of carbonyl (C=O) groups excluding carboxylic acids is 1. The molecule has 8 heteroatoms. The van der Waals surface area contributed by atoms with Crippen molar-refractivity contribution in [2.45, 2.75) is 51.8 Å². The van der Waals surface area contributed by atoms with Gasteiger partial charge in [-0.25, -0.2) is 0 Å². The van der Waals surface area contributed by atoms with Gasteiger partial charge in [-0.1, -0.05) is 0 Å². The maximum atomic E-state index is 12.6. The molecule has 0 bridgehead atoms. The number of rotatable bonds is 4. The summed E-state index contributed by atoms with van der Waals surface area (Å²) in [4.78, 5) is 12.6. The first-order valence-electron chi connectivity index (χ1n) is 8.41. The number of aliphatic hydroxyl groups is 1. The zero-order chi connectivity index (χ0) is 16.4. The number of aromatic nitrogens is 2. The molecule has 1 aromatic rings. The van der Waals surface area contributed by atoms with E-state index >= 15 is 0 Å². The average Bonchev–Trinajstić information content (AvgIpc) is 2.82. The quantitative estimate of drug-likeness (QED) is 0.747. The molecule has 24 heavy (non-hydrogen) atoms. The van der Waals surface area contributed by atoms with E-state index in [2.05, 4.69) is 15.7 Å². The van der Waals surface area contributed by atoms with Gasteiger partial charge in [0.2, 0.25) is 5.91 Å². The molecular formula is C16H27ClN4O3. The third kappa shape index (κ3) is 3.91. The Labute approximate surface area is 148 Å². The first-order valence-corrected chi connectivity index (χ1v) is 8.41. The fourth-order valence-corrected chi connectivity index (χ4v) is 3.67. The van der Waals surface area contributed by atoms with Gasteiger partial charge >= 0.3 is 0 Å². The van der Waals surface area contributed by atoms with Crippen LogP contribution in [0.5, 0.6) is 0 Å². The van der Waals surface area contributed by atoms with Crippen LogP contribution in [0, 0.1) is 19.8 Å². The second-order valence-corrected chi connectivity index (χ2v) is 6.46. The number of hydrogen-bond donors (Lipinski definition) is 3. The van der Waals surface area contributed by atoms with E-state index in [0.717, 1.165) is 49.5 Å².